The Bertz CT molecular complexity index is 272. The van der Waals surface area contributed by atoms with Crippen LogP contribution in [0.3, 0.4) is 0 Å². The van der Waals surface area contributed by atoms with Crippen molar-refractivity contribution in [2.45, 2.75) is 10.4 Å². The van der Waals surface area contributed by atoms with Crippen molar-refractivity contribution in [3.8, 4) is 5.75 Å². The zero-order valence-electron chi connectivity index (χ0n) is 5.76. The Morgan fingerprint density at radius 1 is 1.25 bits per heavy atom. The third-order valence-corrected chi connectivity index (χ3v) is 1.76. The molecule has 0 aliphatic rings. The molecule has 0 heterocycles. The highest BCUT2D eigenvalue weighted by Crippen LogP contribution is 2.37. The van der Waals surface area contributed by atoms with Crippen LogP contribution in [0.1, 0.15) is 0 Å². The number of thioether (sulfide) groups is 1. The summed E-state index contributed by atoms with van der Waals surface area (Å²) in [5.41, 5.74) is -4.33. The fraction of sp³-hybridized carbons (Fsp3) is 0.143. The van der Waals surface area contributed by atoms with Gasteiger partial charge in [0.1, 0.15) is 0 Å². The van der Waals surface area contributed by atoms with E-state index < -0.39 is 11.3 Å². The molecule has 0 aliphatic carbocycles. The Morgan fingerprint density at radius 2 is 1.92 bits per heavy atom. The van der Waals surface area contributed by atoms with Gasteiger partial charge in [-0.3, -0.25) is 5.11 Å². The maximum Gasteiger partial charge on any atom is 0.446 e. The summed E-state index contributed by atoms with van der Waals surface area (Å²) in [6.07, 6.45) is 0. The third-order valence-electron chi connectivity index (χ3n) is 1.04. The number of alkyl halides is 3. The first-order chi connectivity index (χ1) is 5.47. The van der Waals surface area contributed by atoms with Crippen molar-refractivity contribution in [2.24, 2.45) is 0 Å². The van der Waals surface area contributed by atoms with Crippen molar-refractivity contribution in [2.75, 3.05) is 0 Å². The molecule has 0 bridgehead atoms. The first kappa shape index (κ1) is 9.25. The van der Waals surface area contributed by atoms with E-state index in [-0.39, 0.29) is 16.7 Å². The van der Waals surface area contributed by atoms with Crippen LogP contribution in [0, 0.1) is 0 Å². The summed E-state index contributed by atoms with van der Waals surface area (Å²) < 4.78 is 35.2. The average molecular weight is 193 g/mol. The van der Waals surface area contributed by atoms with Gasteiger partial charge < -0.3 is 0 Å². The Hall–Kier alpha value is -0.840. The molecule has 0 unspecified atom stereocenters. The Morgan fingerprint density at radius 3 is 2.42 bits per heavy atom. The predicted molar refractivity (Wildman–Crippen MR) is 38.5 cm³/mol. The number of benzene rings is 1. The normalized spacial score (nSPS) is 11.6. The average Bonchev–Trinajstić information content (AvgIpc) is 1.82. The zero-order valence-corrected chi connectivity index (χ0v) is 6.58. The van der Waals surface area contributed by atoms with Gasteiger partial charge >= 0.3 is 5.51 Å². The molecule has 5 heteroatoms. The molecule has 65 valence electrons. The number of halogens is 3. The van der Waals surface area contributed by atoms with Crippen molar-refractivity contribution in [1.82, 2.24) is 0 Å². The number of rotatable bonds is 1. The lowest BCUT2D eigenvalue weighted by molar-refractivity contribution is -0.0328. The molecule has 1 rings (SSSR count). The summed E-state index contributed by atoms with van der Waals surface area (Å²) in [6.45, 7) is 0. The van der Waals surface area contributed by atoms with Gasteiger partial charge in [-0.15, -0.1) is 0 Å². The molecule has 1 aromatic carbocycles. The minimum absolute atomic E-state index is 0.0741. The lowest BCUT2D eigenvalue weighted by Gasteiger charge is -2.04. The van der Waals surface area contributed by atoms with E-state index in [1.165, 1.54) is 18.2 Å². The molecule has 0 fully saturated rings. The van der Waals surface area contributed by atoms with Gasteiger partial charge in [-0.25, -0.2) is 0 Å². The van der Waals surface area contributed by atoms with Crippen LogP contribution in [0.5, 0.6) is 5.75 Å². The highest BCUT2D eigenvalue weighted by molar-refractivity contribution is 8.00. The monoisotopic (exact) mass is 193 g/mol. The minimum atomic E-state index is -4.33. The van der Waals surface area contributed by atoms with E-state index in [9.17, 15) is 18.3 Å². The summed E-state index contributed by atoms with van der Waals surface area (Å²) >= 11 is -0.285. The fourth-order valence-electron chi connectivity index (χ4n) is 0.671. The molecule has 0 aliphatic heterocycles. The molecule has 0 N–H and O–H groups in total. The minimum Gasteiger partial charge on any atom is -0.290 e. The second kappa shape index (κ2) is 3.26. The topological polar surface area (TPSA) is 19.9 Å². The lowest BCUT2D eigenvalue weighted by atomic mass is 10.3. The lowest BCUT2D eigenvalue weighted by Crippen LogP contribution is -1.98. The van der Waals surface area contributed by atoms with Crippen LogP contribution >= 0.6 is 11.8 Å². The SMILES string of the molecule is [O]c1cccc(SC(F)(F)F)c1. The fourth-order valence-corrected chi connectivity index (χ4v) is 1.26. The van der Waals surface area contributed by atoms with E-state index >= 15 is 0 Å². The largest absolute Gasteiger partial charge is 0.446 e. The van der Waals surface area contributed by atoms with Crippen molar-refractivity contribution in [3.05, 3.63) is 24.3 Å². The molecular formula is C7H4F3OS. The second-order valence-corrected chi connectivity index (χ2v) is 3.16. The summed E-state index contributed by atoms with van der Waals surface area (Å²) in [4.78, 5) is -0.0741. The van der Waals surface area contributed by atoms with Crippen LogP contribution in [0.4, 0.5) is 13.2 Å². The van der Waals surface area contributed by atoms with Gasteiger partial charge in [-0.05, 0) is 30.0 Å². The summed E-state index contributed by atoms with van der Waals surface area (Å²) in [6, 6.07) is 4.72. The van der Waals surface area contributed by atoms with Gasteiger partial charge in [0.05, 0.1) is 0 Å². The van der Waals surface area contributed by atoms with Crippen molar-refractivity contribution >= 4 is 11.8 Å². The van der Waals surface area contributed by atoms with Gasteiger partial charge in [0.15, 0.2) is 5.75 Å². The van der Waals surface area contributed by atoms with Gasteiger partial charge in [-0.1, -0.05) is 6.07 Å². The van der Waals surface area contributed by atoms with Gasteiger partial charge in [0.2, 0.25) is 0 Å². The molecule has 1 aromatic rings. The molecule has 12 heavy (non-hydrogen) atoms. The van der Waals surface area contributed by atoms with Crippen LogP contribution < -0.4 is 0 Å². The first-order valence-corrected chi connectivity index (χ1v) is 3.82. The van der Waals surface area contributed by atoms with Gasteiger partial charge in [0, 0.05) is 4.90 Å². The molecule has 0 saturated carbocycles. The van der Waals surface area contributed by atoms with Crippen LogP contribution in [0.15, 0.2) is 29.2 Å². The molecule has 0 saturated heterocycles. The Kier molecular flexibility index (Phi) is 2.52. The van der Waals surface area contributed by atoms with Crippen molar-refractivity contribution in [1.29, 1.82) is 0 Å². The Labute approximate surface area is 71.2 Å². The van der Waals surface area contributed by atoms with E-state index in [1.807, 2.05) is 0 Å². The van der Waals surface area contributed by atoms with Crippen LogP contribution in [-0.4, -0.2) is 5.51 Å². The second-order valence-electron chi connectivity index (χ2n) is 2.02. The smallest absolute Gasteiger partial charge is 0.290 e. The maximum atomic E-state index is 11.7. The molecule has 0 spiro atoms. The predicted octanol–water partition coefficient (Wildman–Crippen LogP) is 3.44. The van der Waals surface area contributed by atoms with Gasteiger partial charge in [0.25, 0.3) is 0 Å². The molecule has 0 amide bonds. The van der Waals surface area contributed by atoms with E-state index in [0.29, 0.717) is 0 Å². The molecular weight excluding hydrogens is 189 g/mol. The van der Waals surface area contributed by atoms with Crippen molar-refractivity contribution < 1.29 is 18.3 Å². The molecule has 1 radical (unpaired) electrons. The summed E-state index contributed by atoms with van der Waals surface area (Å²) in [5.74, 6) is -0.413. The standard InChI is InChI=1S/C7H4F3OS/c8-7(9,10)12-6-3-1-2-5(11)4-6/h1-4H. The van der Waals surface area contributed by atoms with Crippen LogP contribution in [0.25, 0.3) is 0 Å². The number of hydrogen-bond donors (Lipinski definition) is 0. The van der Waals surface area contributed by atoms with E-state index in [0.717, 1.165) is 6.07 Å². The summed E-state index contributed by atoms with van der Waals surface area (Å²) in [7, 11) is 0. The quantitative estimate of drug-likeness (QED) is 0.625. The molecule has 0 atom stereocenters. The molecule has 1 nitrogen and oxygen atoms in total. The van der Waals surface area contributed by atoms with Crippen LogP contribution in [-0.2, 0) is 5.11 Å². The highest BCUT2D eigenvalue weighted by Gasteiger charge is 2.29. The Balaban J connectivity index is 2.77. The summed E-state index contributed by atoms with van der Waals surface area (Å²) in [5, 5.41) is 10.6. The van der Waals surface area contributed by atoms with E-state index in [4.69, 9.17) is 0 Å². The van der Waals surface area contributed by atoms with Crippen molar-refractivity contribution in [3.63, 3.8) is 0 Å². The van der Waals surface area contributed by atoms with Gasteiger partial charge in [-0.2, -0.15) is 13.2 Å². The highest BCUT2D eigenvalue weighted by atomic mass is 32.2. The first-order valence-electron chi connectivity index (χ1n) is 3.00. The molecule has 0 aromatic heterocycles. The maximum absolute atomic E-state index is 11.7. The van der Waals surface area contributed by atoms with E-state index in [2.05, 4.69) is 0 Å². The number of hydrogen-bond acceptors (Lipinski definition) is 1. The van der Waals surface area contributed by atoms with Crippen LogP contribution in [0.2, 0.25) is 0 Å². The van der Waals surface area contributed by atoms with E-state index in [1.54, 1.807) is 0 Å². The third kappa shape index (κ3) is 3.04. The zero-order chi connectivity index (χ0) is 9.19.